The van der Waals surface area contributed by atoms with Crippen molar-refractivity contribution >= 4 is 34.5 Å². The quantitative estimate of drug-likeness (QED) is 0.830. The average molecular weight is 280 g/mol. The minimum atomic E-state index is -0.121. The van der Waals surface area contributed by atoms with Gasteiger partial charge in [0.05, 0.1) is 15.9 Å². The molecular weight excluding hydrogens is 264 g/mol. The van der Waals surface area contributed by atoms with Gasteiger partial charge in [-0.15, -0.1) is 11.3 Å². The maximum Gasteiger partial charge on any atom is 0.261 e. The molecule has 0 bridgehead atoms. The Bertz CT molecular complexity index is 484. The zero-order valence-electron chi connectivity index (χ0n) is 10.1. The third-order valence-electron chi connectivity index (χ3n) is 3.66. The molecule has 96 valence electrons. The van der Waals surface area contributed by atoms with Gasteiger partial charge in [-0.05, 0) is 49.7 Å². The van der Waals surface area contributed by atoms with E-state index < -0.39 is 0 Å². The van der Waals surface area contributed by atoms with E-state index in [1.165, 1.54) is 16.9 Å². The summed E-state index contributed by atoms with van der Waals surface area (Å²) in [7, 11) is 0. The van der Waals surface area contributed by atoms with Crippen LogP contribution in [0.15, 0.2) is 6.07 Å². The van der Waals surface area contributed by atoms with Crippen LogP contribution in [0.25, 0.3) is 0 Å². The molecule has 18 heavy (non-hydrogen) atoms. The number of fused-ring (bicyclic) bond motifs is 1. The van der Waals surface area contributed by atoms with E-state index in [4.69, 9.17) is 18.0 Å². The van der Waals surface area contributed by atoms with Gasteiger partial charge in [0.15, 0.2) is 0 Å². The van der Waals surface area contributed by atoms with Gasteiger partial charge in [0.1, 0.15) is 0 Å². The lowest BCUT2D eigenvalue weighted by Crippen LogP contribution is -2.44. The van der Waals surface area contributed by atoms with Crippen molar-refractivity contribution in [2.75, 3.05) is 0 Å². The molecule has 1 amide bonds. The first kappa shape index (κ1) is 12.1. The third kappa shape index (κ3) is 2.29. The molecule has 1 atom stereocenters. The number of hydrogen-bond donors (Lipinski definition) is 2. The Hall–Kier alpha value is -0.940. The molecule has 1 heterocycles. The Labute approximate surface area is 116 Å². The minimum absolute atomic E-state index is 0.0147. The van der Waals surface area contributed by atoms with E-state index in [1.54, 1.807) is 11.3 Å². The van der Waals surface area contributed by atoms with Crippen molar-refractivity contribution in [2.45, 2.75) is 38.1 Å². The molecule has 3 rings (SSSR count). The molecule has 5 heteroatoms. The van der Waals surface area contributed by atoms with Crippen molar-refractivity contribution in [3.63, 3.8) is 0 Å². The fourth-order valence-corrected chi connectivity index (χ4v) is 3.91. The summed E-state index contributed by atoms with van der Waals surface area (Å²) in [6.45, 7) is 0. The maximum atomic E-state index is 12.2. The molecule has 0 saturated heterocycles. The maximum absolute atomic E-state index is 12.2. The van der Waals surface area contributed by atoms with Crippen LogP contribution in [0.5, 0.6) is 0 Å². The monoisotopic (exact) mass is 280 g/mol. The van der Waals surface area contributed by atoms with Crippen molar-refractivity contribution in [2.24, 2.45) is 11.7 Å². The van der Waals surface area contributed by atoms with Gasteiger partial charge in [0.25, 0.3) is 5.91 Å². The second kappa shape index (κ2) is 4.63. The second-order valence-electron chi connectivity index (χ2n) is 5.10. The van der Waals surface area contributed by atoms with Crippen molar-refractivity contribution in [1.29, 1.82) is 0 Å². The SMILES string of the molecule is NC(=S)C(NC(=O)c1cc2c(s1)CCC2)C1CC1. The zero-order valence-corrected chi connectivity index (χ0v) is 11.7. The van der Waals surface area contributed by atoms with E-state index in [0.717, 1.165) is 30.6 Å². The van der Waals surface area contributed by atoms with Crippen LogP contribution in [0.2, 0.25) is 0 Å². The molecule has 3 nitrogen and oxygen atoms in total. The second-order valence-corrected chi connectivity index (χ2v) is 6.71. The number of nitrogens with one attached hydrogen (secondary N) is 1. The number of thiophene rings is 1. The summed E-state index contributed by atoms with van der Waals surface area (Å²) in [4.78, 5) is 14.8. The molecule has 0 spiro atoms. The third-order valence-corrected chi connectivity index (χ3v) is 5.15. The predicted molar refractivity (Wildman–Crippen MR) is 77.1 cm³/mol. The van der Waals surface area contributed by atoms with Gasteiger partial charge in [-0.1, -0.05) is 12.2 Å². The van der Waals surface area contributed by atoms with Crippen LogP contribution < -0.4 is 11.1 Å². The molecule has 0 aromatic carbocycles. The molecule has 1 unspecified atom stereocenters. The lowest BCUT2D eigenvalue weighted by molar-refractivity contribution is 0.0948. The van der Waals surface area contributed by atoms with E-state index >= 15 is 0 Å². The van der Waals surface area contributed by atoms with Crippen molar-refractivity contribution < 1.29 is 4.79 Å². The van der Waals surface area contributed by atoms with E-state index in [2.05, 4.69) is 5.32 Å². The average Bonchev–Trinajstić information content (AvgIpc) is 2.91. The number of aryl methyl sites for hydroxylation is 2. The van der Waals surface area contributed by atoms with Crippen molar-refractivity contribution in [3.8, 4) is 0 Å². The van der Waals surface area contributed by atoms with Crippen LogP contribution in [0.1, 0.15) is 39.4 Å². The summed E-state index contributed by atoms with van der Waals surface area (Å²) in [5, 5.41) is 2.99. The lowest BCUT2D eigenvalue weighted by atomic mass is 10.2. The van der Waals surface area contributed by atoms with Gasteiger partial charge in [-0.3, -0.25) is 4.79 Å². The Kier molecular flexibility index (Phi) is 3.11. The number of amides is 1. The number of hydrogen-bond acceptors (Lipinski definition) is 3. The highest BCUT2D eigenvalue weighted by Gasteiger charge is 2.34. The van der Waals surface area contributed by atoms with Crippen LogP contribution in [0.4, 0.5) is 0 Å². The number of thiocarbonyl (C=S) groups is 1. The van der Waals surface area contributed by atoms with Crippen LogP contribution >= 0.6 is 23.6 Å². The molecular formula is C13H16N2OS2. The first-order chi connectivity index (χ1) is 8.65. The van der Waals surface area contributed by atoms with Gasteiger partial charge < -0.3 is 11.1 Å². The highest BCUT2D eigenvalue weighted by molar-refractivity contribution is 7.80. The Morgan fingerprint density at radius 3 is 2.89 bits per heavy atom. The largest absolute Gasteiger partial charge is 0.392 e. The highest BCUT2D eigenvalue weighted by Crippen LogP contribution is 2.34. The summed E-state index contributed by atoms with van der Waals surface area (Å²) in [6.07, 6.45) is 5.68. The van der Waals surface area contributed by atoms with E-state index in [9.17, 15) is 4.79 Å². The molecule has 0 aliphatic heterocycles. The number of rotatable bonds is 4. The molecule has 1 saturated carbocycles. The fraction of sp³-hybridized carbons (Fsp3) is 0.538. The Morgan fingerprint density at radius 2 is 2.28 bits per heavy atom. The van der Waals surface area contributed by atoms with Crippen LogP contribution in [-0.2, 0) is 12.8 Å². The fourth-order valence-electron chi connectivity index (χ4n) is 2.50. The van der Waals surface area contributed by atoms with Crippen molar-refractivity contribution in [1.82, 2.24) is 5.32 Å². The number of carbonyl (C=O) groups excluding carboxylic acids is 1. The topological polar surface area (TPSA) is 55.1 Å². The highest BCUT2D eigenvalue weighted by atomic mass is 32.1. The summed E-state index contributed by atoms with van der Waals surface area (Å²) < 4.78 is 0. The van der Waals surface area contributed by atoms with Gasteiger partial charge in [-0.2, -0.15) is 0 Å². The van der Waals surface area contributed by atoms with Crippen LogP contribution in [0, 0.1) is 5.92 Å². The molecule has 0 radical (unpaired) electrons. The zero-order chi connectivity index (χ0) is 12.7. The van der Waals surface area contributed by atoms with Gasteiger partial charge in [-0.25, -0.2) is 0 Å². The van der Waals surface area contributed by atoms with Crippen LogP contribution in [-0.4, -0.2) is 16.9 Å². The predicted octanol–water partition coefficient (Wildman–Crippen LogP) is 2.03. The van der Waals surface area contributed by atoms with Crippen molar-refractivity contribution in [3.05, 3.63) is 21.4 Å². The Balaban J connectivity index is 1.71. The minimum Gasteiger partial charge on any atom is -0.392 e. The number of nitrogens with two attached hydrogens (primary N) is 1. The molecule has 1 aromatic rings. The first-order valence-corrected chi connectivity index (χ1v) is 7.59. The molecule has 1 fully saturated rings. The molecule has 1 aromatic heterocycles. The normalized spacial score (nSPS) is 19.3. The van der Waals surface area contributed by atoms with Gasteiger partial charge >= 0.3 is 0 Å². The van der Waals surface area contributed by atoms with E-state index in [-0.39, 0.29) is 11.9 Å². The molecule has 3 N–H and O–H groups in total. The summed E-state index contributed by atoms with van der Waals surface area (Å²) in [5.74, 6) is 0.442. The molecule has 2 aliphatic rings. The molecule has 2 aliphatic carbocycles. The Morgan fingerprint density at radius 1 is 1.50 bits per heavy atom. The summed E-state index contributed by atoms with van der Waals surface area (Å²) in [6, 6.07) is 1.91. The van der Waals surface area contributed by atoms with Gasteiger partial charge in [0, 0.05) is 4.88 Å². The lowest BCUT2D eigenvalue weighted by Gasteiger charge is -2.15. The van der Waals surface area contributed by atoms with Crippen LogP contribution in [0.3, 0.4) is 0 Å². The smallest absolute Gasteiger partial charge is 0.261 e. The summed E-state index contributed by atoms with van der Waals surface area (Å²) >= 11 is 6.65. The van der Waals surface area contributed by atoms with E-state index in [1.807, 2.05) is 6.07 Å². The standard InChI is InChI=1S/C13H16N2OS2/c14-12(17)11(7-4-5-7)15-13(16)10-6-8-2-1-3-9(8)18-10/h6-7,11H,1-5H2,(H2,14,17)(H,15,16). The first-order valence-electron chi connectivity index (χ1n) is 6.37. The number of carbonyl (C=O) groups is 1. The van der Waals surface area contributed by atoms with Gasteiger partial charge in [0.2, 0.25) is 0 Å². The van der Waals surface area contributed by atoms with E-state index in [0.29, 0.717) is 10.9 Å². The summed E-state index contributed by atoms with van der Waals surface area (Å²) in [5.41, 5.74) is 7.05.